The number of carbonyl (C=O) groups excluding carboxylic acids is 1. The molecule has 6 N–H and O–H groups in total. The summed E-state index contributed by atoms with van der Waals surface area (Å²) in [7, 11) is 0. The fourth-order valence-electron chi connectivity index (χ4n) is 6.01. The molecule has 11 heteroatoms. The minimum absolute atomic E-state index is 0.152. The lowest BCUT2D eigenvalue weighted by Gasteiger charge is -2.30. The second-order valence-corrected chi connectivity index (χ2v) is 11.2. The Kier molecular flexibility index (Phi) is 8.05. The van der Waals surface area contributed by atoms with Crippen molar-refractivity contribution in [1.82, 2.24) is 24.8 Å². The number of aliphatic hydroxyl groups excluding tert-OH is 2. The van der Waals surface area contributed by atoms with Crippen LogP contribution in [-0.4, -0.2) is 73.0 Å². The fraction of sp³-hybridized carbons (Fsp3) is 0.419. The standard InChI is InChI=1S/C31H38N8O3/c1-2-24(40)34-22-17-23(28(42)27(22)41)39-18-33-26-29(36-31(37-30(26)39)38-15-13-21(32)14-16-38)35-25(19-9-5-3-6-10-19)20-11-7-4-8-12-20/h3-12,18,21-23,25,27-28,41-42H,2,13-17,32H2,1H3,(H,34,40)(H,35,36,37)/t22-,23+,27+,28-/m0/s1. The van der Waals surface area contributed by atoms with Crippen LogP contribution in [0.1, 0.15) is 55.8 Å². The summed E-state index contributed by atoms with van der Waals surface area (Å²) in [5.41, 5.74) is 9.45. The third kappa shape index (κ3) is 5.55. The summed E-state index contributed by atoms with van der Waals surface area (Å²) in [6, 6.07) is 19.2. The lowest BCUT2D eigenvalue weighted by atomic mass is 9.99. The van der Waals surface area contributed by atoms with Crippen LogP contribution in [0.5, 0.6) is 0 Å². The average Bonchev–Trinajstić information content (AvgIpc) is 3.57. The maximum Gasteiger partial charge on any atom is 0.229 e. The number of aromatic nitrogens is 4. The summed E-state index contributed by atoms with van der Waals surface area (Å²) in [6.45, 7) is 3.22. The van der Waals surface area contributed by atoms with Gasteiger partial charge in [-0.1, -0.05) is 67.6 Å². The first-order valence-electron chi connectivity index (χ1n) is 14.7. The Labute approximate surface area is 244 Å². The number of amides is 1. The van der Waals surface area contributed by atoms with Gasteiger partial charge in [-0.05, 0) is 30.4 Å². The van der Waals surface area contributed by atoms with Crippen LogP contribution in [0.15, 0.2) is 67.0 Å². The number of carbonyl (C=O) groups is 1. The molecule has 0 unspecified atom stereocenters. The number of anilines is 2. The highest BCUT2D eigenvalue weighted by Crippen LogP contribution is 2.36. The van der Waals surface area contributed by atoms with E-state index in [2.05, 4.69) is 39.8 Å². The molecule has 42 heavy (non-hydrogen) atoms. The smallest absolute Gasteiger partial charge is 0.229 e. The van der Waals surface area contributed by atoms with Gasteiger partial charge in [0.25, 0.3) is 0 Å². The Hall–Kier alpha value is -4.06. The predicted molar refractivity (Wildman–Crippen MR) is 161 cm³/mol. The molecular weight excluding hydrogens is 532 g/mol. The Bertz CT molecular complexity index is 1470. The van der Waals surface area contributed by atoms with Crippen LogP contribution in [-0.2, 0) is 4.79 Å². The van der Waals surface area contributed by atoms with E-state index in [-0.39, 0.29) is 18.0 Å². The monoisotopic (exact) mass is 570 g/mol. The first kappa shape index (κ1) is 28.1. The minimum atomic E-state index is -1.11. The van der Waals surface area contributed by atoms with Crippen molar-refractivity contribution in [2.45, 2.75) is 69.0 Å². The minimum Gasteiger partial charge on any atom is -0.388 e. The highest BCUT2D eigenvalue weighted by atomic mass is 16.3. The molecule has 0 bridgehead atoms. The number of aliphatic hydroxyl groups is 2. The largest absolute Gasteiger partial charge is 0.388 e. The normalized spacial score (nSPS) is 23.0. The molecule has 2 aromatic heterocycles. The van der Waals surface area contributed by atoms with Crippen molar-refractivity contribution in [3.63, 3.8) is 0 Å². The maximum absolute atomic E-state index is 12.1. The zero-order valence-corrected chi connectivity index (χ0v) is 23.7. The van der Waals surface area contributed by atoms with E-state index in [1.807, 2.05) is 41.0 Å². The molecule has 3 heterocycles. The second-order valence-electron chi connectivity index (χ2n) is 11.2. The van der Waals surface area contributed by atoms with Crippen LogP contribution in [0.25, 0.3) is 11.2 Å². The van der Waals surface area contributed by atoms with Gasteiger partial charge < -0.3 is 36.0 Å². The van der Waals surface area contributed by atoms with Gasteiger partial charge >= 0.3 is 0 Å². The van der Waals surface area contributed by atoms with Gasteiger partial charge in [-0.15, -0.1) is 0 Å². The molecule has 11 nitrogen and oxygen atoms in total. The molecule has 0 spiro atoms. The van der Waals surface area contributed by atoms with Crippen LogP contribution in [0.4, 0.5) is 11.8 Å². The fourth-order valence-corrected chi connectivity index (χ4v) is 6.01. The zero-order chi connectivity index (χ0) is 29.2. The second kappa shape index (κ2) is 12.0. The Morgan fingerprint density at radius 2 is 1.64 bits per heavy atom. The average molecular weight is 571 g/mol. The number of benzene rings is 2. The van der Waals surface area contributed by atoms with Crippen molar-refractivity contribution in [2.24, 2.45) is 5.73 Å². The molecule has 2 aliphatic rings. The summed E-state index contributed by atoms with van der Waals surface area (Å²) in [5, 5.41) is 28.4. The molecule has 1 aliphatic heterocycles. The van der Waals surface area contributed by atoms with E-state index < -0.39 is 24.3 Å². The van der Waals surface area contributed by atoms with Crippen molar-refractivity contribution in [3.05, 3.63) is 78.1 Å². The molecule has 4 atom stereocenters. The molecule has 2 fully saturated rings. The third-order valence-corrected chi connectivity index (χ3v) is 8.46. The zero-order valence-electron chi connectivity index (χ0n) is 23.7. The van der Waals surface area contributed by atoms with Gasteiger partial charge in [-0.3, -0.25) is 4.79 Å². The number of piperidine rings is 1. The summed E-state index contributed by atoms with van der Waals surface area (Å²) >= 11 is 0. The van der Waals surface area contributed by atoms with E-state index in [0.717, 1.165) is 37.1 Å². The van der Waals surface area contributed by atoms with Gasteiger partial charge in [0.1, 0.15) is 12.2 Å². The SMILES string of the molecule is CCC(=O)N[C@H]1C[C@@H](n2cnc3c(NC(c4ccccc4)c4ccccc4)nc(N4CCC(N)CC4)nc32)[C@H](O)[C@@H]1O. The maximum atomic E-state index is 12.1. The molecule has 1 amide bonds. The van der Waals surface area contributed by atoms with Gasteiger partial charge in [0.05, 0.1) is 24.5 Å². The van der Waals surface area contributed by atoms with Crippen molar-refractivity contribution >= 4 is 28.8 Å². The van der Waals surface area contributed by atoms with Gasteiger partial charge in [-0.2, -0.15) is 9.97 Å². The number of nitrogens with two attached hydrogens (primary N) is 1. The molecule has 2 aromatic carbocycles. The first-order chi connectivity index (χ1) is 20.4. The van der Waals surface area contributed by atoms with E-state index >= 15 is 0 Å². The lowest BCUT2D eigenvalue weighted by molar-refractivity contribution is -0.122. The van der Waals surface area contributed by atoms with Crippen molar-refractivity contribution in [1.29, 1.82) is 0 Å². The number of hydrogen-bond donors (Lipinski definition) is 5. The highest BCUT2D eigenvalue weighted by molar-refractivity contribution is 5.85. The number of imidazole rings is 1. The summed E-state index contributed by atoms with van der Waals surface area (Å²) in [5.74, 6) is 0.960. The van der Waals surface area contributed by atoms with Gasteiger partial charge in [0.2, 0.25) is 11.9 Å². The van der Waals surface area contributed by atoms with Gasteiger partial charge in [0.15, 0.2) is 17.0 Å². The van der Waals surface area contributed by atoms with E-state index in [1.165, 1.54) is 0 Å². The summed E-state index contributed by atoms with van der Waals surface area (Å²) in [6.07, 6.45) is 1.76. The van der Waals surface area contributed by atoms with Gasteiger partial charge in [0, 0.05) is 25.6 Å². The van der Waals surface area contributed by atoms with E-state index in [4.69, 9.17) is 20.7 Å². The Morgan fingerprint density at radius 1 is 1.00 bits per heavy atom. The van der Waals surface area contributed by atoms with Crippen LogP contribution in [0, 0.1) is 0 Å². The number of fused-ring (bicyclic) bond motifs is 1. The molecule has 1 saturated carbocycles. The molecular formula is C31H38N8O3. The summed E-state index contributed by atoms with van der Waals surface area (Å²) < 4.78 is 1.81. The van der Waals surface area contributed by atoms with E-state index in [1.54, 1.807) is 13.3 Å². The van der Waals surface area contributed by atoms with Crippen molar-refractivity contribution in [2.75, 3.05) is 23.3 Å². The topological polar surface area (TPSA) is 154 Å². The molecule has 0 radical (unpaired) electrons. The molecule has 220 valence electrons. The summed E-state index contributed by atoms with van der Waals surface area (Å²) in [4.78, 5) is 28.9. The van der Waals surface area contributed by atoms with Crippen LogP contribution in [0.3, 0.4) is 0 Å². The van der Waals surface area contributed by atoms with Crippen molar-refractivity contribution in [3.8, 4) is 0 Å². The molecule has 4 aromatic rings. The third-order valence-electron chi connectivity index (χ3n) is 8.46. The quantitative estimate of drug-likeness (QED) is 0.215. The highest BCUT2D eigenvalue weighted by Gasteiger charge is 2.44. The molecule has 1 saturated heterocycles. The van der Waals surface area contributed by atoms with Crippen LogP contribution < -0.4 is 21.3 Å². The molecule has 1 aliphatic carbocycles. The Morgan fingerprint density at radius 3 is 2.26 bits per heavy atom. The Balaban J connectivity index is 1.43. The molecule has 6 rings (SSSR count). The predicted octanol–water partition coefficient (Wildman–Crippen LogP) is 2.52. The van der Waals surface area contributed by atoms with E-state index in [0.29, 0.717) is 35.8 Å². The number of hydrogen-bond acceptors (Lipinski definition) is 9. The van der Waals surface area contributed by atoms with Crippen LogP contribution in [0.2, 0.25) is 0 Å². The number of rotatable bonds is 8. The van der Waals surface area contributed by atoms with Crippen molar-refractivity contribution < 1.29 is 15.0 Å². The number of nitrogens with zero attached hydrogens (tertiary/aromatic N) is 5. The van der Waals surface area contributed by atoms with Gasteiger partial charge in [-0.25, -0.2) is 4.98 Å². The number of nitrogens with one attached hydrogen (secondary N) is 2. The lowest BCUT2D eigenvalue weighted by Crippen LogP contribution is -2.42. The van der Waals surface area contributed by atoms with Crippen LogP contribution >= 0.6 is 0 Å². The first-order valence-corrected chi connectivity index (χ1v) is 14.7. The van der Waals surface area contributed by atoms with E-state index in [9.17, 15) is 15.0 Å².